The van der Waals surface area contributed by atoms with Crippen LogP contribution in [0, 0.1) is 20.2 Å². The predicted octanol–water partition coefficient (Wildman–Crippen LogP) is 2.50. The standard InChI is InChI=1S/C13H6BrN3O6/c14-11-5-8(1-2-12(11)18)15-13(19)7-3-9(16(20)21)6-10(4-7)17(22)23/h1-6H. The number of aliphatic imine (C=N–C) groups is 1. The van der Waals surface area contributed by atoms with Gasteiger partial charge in [0.1, 0.15) is 0 Å². The summed E-state index contributed by atoms with van der Waals surface area (Å²) < 4.78 is 0.191. The molecule has 2 rings (SSSR count). The molecule has 0 saturated carbocycles. The van der Waals surface area contributed by atoms with E-state index in [1.807, 2.05) is 0 Å². The second-order valence-electron chi connectivity index (χ2n) is 4.28. The maximum absolute atomic E-state index is 12.1. The van der Waals surface area contributed by atoms with Gasteiger partial charge < -0.3 is 0 Å². The van der Waals surface area contributed by atoms with Crippen molar-refractivity contribution in [1.29, 1.82) is 0 Å². The zero-order valence-corrected chi connectivity index (χ0v) is 12.7. The van der Waals surface area contributed by atoms with Crippen LogP contribution < -0.4 is 0 Å². The summed E-state index contributed by atoms with van der Waals surface area (Å²) in [6.45, 7) is 0. The van der Waals surface area contributed by atoms with E-state index in [9.17, 15) is 29.8 Å². The molecule has 0 bridgehead atoms. The third-order valence-electron chi connectivity index (χ3n) is 2.72. The summed E-state index contributed by atoms with van der Waals surface area (Å²) in [5, 5.41) is 21.6. The molecule has 116 valence electrons. The van der Waals surface area contributed by atoms with E-state index in [4.69, 9.17) is 0 Å². The summed E-state index contributed by atoms with van der Waals surface area (Å²) in [5.74, 6) is -1.20. The molecule has 0 N–H and O–H groups in total. The van der Waals surface area contributed by atoms with Crippen LogP contribution >= 0.6 is 15.9 Å². The zero-order valence-electron chi connectivity index (χ0n) is 11.1. The molecule has 1 aromatic rings. The molecule has 23 heavy (non-hydrogen) atoms. The Hall–Kier alpha value is -3.01. The van der Waals surface area contributed by atoms with E-state index in [1.54, 1.807) is 0 Å². The number of halogens is 1. The Labute approximate surface area is 136 Å². The molecule has 1 amide bonds. The number of benzene rings is 1. The Balaban J connectivity index is 2.43. The van der Waals surface area contributed by atoms with Crippen LogP contribution in [-0.2, 0) is 4.79 Å². The normalized spacial score (nSPS) is 15.4. The fraction of sp³-hybridized carbons (Fsp3) is 0. The molecule has 0 radical (unpaired) electrons. The third kappa shape index (κ3) is 3.80. The van der Waals surface area contributed by atoms with Crippen molar-refractivity contribution in [1.82, 2.24) is 0 Å². The van der Waals surface area contributed by atoms with Gasteiger partial charge in [-0.1, -0.05) is 0 Å². The number of non-ortho nitro benzene ring substituents is 2. The van der Waals surface area contributed by atoms with E-state index in [-0.39, 0.29) is 21.5 Å². The van der Waals surface area contributed by atoms with Crippen molar-refractivity contribution in [3.8, 4) is 0 Å². The van der Waals surface area contributed by atoms with E-state index in [0.29, 0.717) is 0 Å². The lowest BCUT2D eigenvalue weighted by Gasteiger charge is -2.02. The van der Waals surface area contributed by atoms with E-state index in [2.05, 4.69) is 20.9 Å². The first-order valence-corrected chi connectivity index (χ1v) is 6.74. The monoisotopic (exact) mass is 379 g/mol. The van der Waals surface area contributed by atoms with Crippen LogP contribution in [0.5, 0.6) is 0 Å². The number of rotatable bonds is 3. The van der Waals surface area contributed by atoms with E-state index < -0.39 is 27.1 Å². The Morgan fingerprint density at radius 1 is 1.04 bits per heavy atom. The summed E-state index contributed by atoms with van der Waals surface area (Å²) in [6, 6.07) is 2.55. The van der Waals surface area contributed by atoms with Crippen LogP contribution in [0.1, 0.15) is 10.4 Å². The first-order valence-electron chi connectivity index (χ1n) is 5.94. The SMILES string of the molecule is O=C1C=CC(=NC(=O)c2cc([N+](=O)[O-])cc([N+](=O)[O-])c2)C=C1Br. The molecule has 0 aromatic heterocycles. The molecule has 10 heteroatoms. The van der Waals surface area contributed by atoms with Crippen molar-refractivity contribution < 1.29 is 19.4 Å². The summed E-state index contributed by atoms with van der Waals surface area (Å²) >= 11 is 2.99. The molecule has 1 aromatic carbocycles. The number of amides is 1. The largest absolute Gasteiger partial charge is 0.289 e. The van der Waals surface area contributed by atoms with Crippen LogP contribution in [0.15, 0.2) is 45.9 Å². The lowest BCUT2D eigenvalue weighted by atomic mass is 10.1. The van der Waals surface area contributed by atoms with Crippen molar-refractivity contribution in [2.75, 3.05) is 0 Å². The topological polar surface area (TPSA) is 133 Å². The van der Waals surface area contributed by atoms with Gasteiger partial charge in [-0.05, 0) is 34.2 Å². The van der Waals surface area contributed by atoms with Gasteiger partial charge in [-0.3, -0.25) is 29.8 Å². The molecule has 0 aliphatic heterocycles. The van der Waals surface area contributed by atoms with Gasteiger partial charge in [0.25, 0.3) is 17.3 Å². The van der Waals surface area contributed by atoms with Crippen LogP contribution in [0.4, 0.5) is 11.4 Å². The van der Waals surface area contributed by atoms with Crippen molar-refractivity contribution in [2.24, 2.45) is 4.99 Å². The minimum atomic E-state index is -0.901. The van der Waals surface area contributed by atoms with Gasteiger partial charge in [0.2, 0.25) is 0 Å². The first kappa shape index (κ1) is 16.4. The van der Waals surface area contributed by atoms with E-state index >= 15 is 0 Å². The number of hydrogen-bond acceptors (Lipinski definition) is 6. The number of carbonyl (C=O) groups is 2. The highest BCUT2D eigenvalue weighted by Gasteiger charge is 2.20. The fourth-order valence-corrected chi connectivity index (χ4v) is 2.04. The average molecular weight is 380 g/mol. The molecule has 1 aliphatic carbocycles. The molecule has 1 aliphatic rings. The molecule has 0 heterocycles. The molecule has 0 fully saturated rings. The van der Waals surface area contributed by atoms with Gasteiger partial charge in [-0.25, -0.2) is 4.99 Å². The number of nitro benzene ring substituents is 2. The number of carbonyl (C=O) groups excluding carboxylic acids is 2. The molecular formula is C13H6BrN3O6. The first-order chi connectivity index (χ1) is 10.8. The highest BCUT2D eigenvalue weighted by molar-refractivity contribution is 9.12. The number of ketones is 1. The van der Waals surface area contributed by atoms with Gasteiger partial charge in [-0.2, -0.15) is 0 Å². The Bertz CT molecular complexity index is 808. The van der Waals surface area contributed by atoms with E-state index in [1.165, 1.54) is 18.2 Å². The van der Waals surface area contributed by atoms with Crippen LogP contribution in [0.25, 0.3) is 0 Å². The lowest BCUT2D eigenvalue weighted by Crippen LogP contribution is -2.07. The Morgan fingerprint density at radius 2 is 1.61 bits per heavy atom. The fourth-order valence-electron chi connectivity index (χ4n) is 1.67. The van der Waals surface area contributed by atoms with Gasteiger partial charge >= 0.3 is 0 Å². The summed E-state index contributed by atoms with van der Waals surface area (Å²) in [5.41, 5.74) is -1.34. The number of nitro groups is 2. The van der Waals surface area contributed by atoms with Crippen molar-refractivity contribution in [3.05, 3.63) is 66.7 Å². The quantitative estimate of drug-likeness (QED) is 0.449. The van der Waals surface area contributed by atoms with Crippen LogP contribution in [0.3, 0.4) is 0 Å². The van der Waals surface area contributed by atoms with Gasteiger partial charge in [0.15, 0.2) is 5.78 Å². The number of allylic oxidation sites excluding steroid dienone is 4. The number of nitrogens with zero attached hydrogens (tertiary/aromatic N) is 3. The summed E-state index contributed by atoms with van der Waals surface area (Å²) in [7, 11) is 0. The zero-order chi connectivity index (χ0) is 17.1. The smallest absolute Gasteiger partial charge is 0.278 e. The van der Waals surface area contributed by atoms with Gasteiger partial charge in [0, 0.05) is 12.1 Å². The second-order valence-corrected chi connectivity index (χ2v) is 5.14. The number of hydrogen-bond donors (Lipinski definition) is 0. The highest BCUT2D eigenvalue weighted by Crippen LogP contribution is 2.23. The van der Waals surface area contributed by atoms with Crippen molar-refractivity contribution in [3.63, 3.8) is 0 Å². The van der Waals surface area contributed by atoms with Crippen molar-refractivity contribution >= 4 is 44.7 Å². The maximum atomic E-state index is 12.1. The molecular weight excluding hydrogens is 374 g/mol. The minimum absolute atomic E-state index is 0.135. The second kappa shape index (κ2) is 6.40. The summed E-state index contributed by atoms with van der Waals surface area (Å²) in [4.78, 5) is 46.9. The predicted molar refractivity (Wildman–Crippen MR) is 82.7 cm³/mol. The minimum Gasteiger partial charge on any atom is -0.289 e. The van der Waals surface area contributed by atoms with Crippen molar-refractivity contribution in [2.45, 2.75) is 0 Å². The molecule has 0 atom stereocenters. The Kier molecular flexibility index (Phi) is 4.55. The van der Waals surface area contributed by atoms with Crippen LogP contribution in [0.2, 0.25) is 0 Å². The Morgan fingerprint density at radius 3 is 2.09 bits per heavy atom. The van der Waals surface area contributed by atoms with Gasteiger partial charge in [-0.15, -0.1) is 0 Å². The highest BCUT2D eigenvalue weighted by atomic mass is 79.9. The molecule has 0 saturated heterocycles. The van der Waals surface area contributed by atoms with Gasteiger partial charge in [0.05, 0.1) is 31.7 Å². The average Bonchev–Trinajstić information content (AvgIpc) is 2.50. The van der Waals surface area contributed by atoms with E-state index in [0.717, 1.165) is 18.2 Å². The van der Waals surface area contributed by atoms with Crippen LogP contribution in [-0.4, -0.2) is 27.2 Å². The maximum Gasteiger partial charge on any atom is 0.278 e. The lowest BCUT2D eigenvalue weighted by molar-refractivity contribution is -0.394. The molecule has 0 unspecified atom stereocenters. The third-order valence-corrected chi connectivity index (χ3v) is 3.34. The summed E-state index contributed by atoms with van der Waals surface area (Å²) in [6.07, 6.45) is 3.77. The molecule has 0 spiro atoms. The molecule has 9 nitrogen and oxygen atoms in total.